The van der Waals surface area contributed by atoms with Crippen LogP contribution in [0, 0.1) is 0 Å². The van der Waals surface area contributed by atoms with Gasteiger partial charge >= 0.3 is 11.9 Å². The Hall–Kier alpha value is -4.14. The molecular formula is C29H22N2O4S2. The zero-order valence-corrected chi connectivity index (χ0v) is 21.7. The van der Waals surface area contributed by atoms with Crippen LogP contribution in [-0.2, 0) is 9.59 Å². The van der Waals surface area contributed by atoms with Crippen LogP contribution in [0.15, 0.2) is 91.0 Å². The van der Waals surface area contributed by atoms with Crippen LogP contribution >= 0.6 is 22.7 Å². The Morgan fingerprint density at radius 2 is 1.00 bits per heavy atom. The first-order valence-electron chi connectivity index (χ1n) is 11.5. The van der Waals surface area contributed by atoms with Gasteiger partial charge in [0.2, 0.25) is 10.1 Å². The van der Waals surface area contributed by atoms with E-state index in [4.69, 9.17) is 19.4 Å². The maximum atomic E-state index is 12.1. The van der Waals surface area contributed by atoms with E-state index in [2.05, 4.69) is 0 Å². The molecule has 6 nitrogen and oxygen atoms in total. The first-order valence-corrected chi connectivity index (χ1v) is 13.2. The highest BCUT2D eigenvalue weighted by atomic mass is 32.1. The number of carbonyl (C=O) groups excluding carboxylic acids is 2. The summed E-state index contributed by atoms with van der Waals surface area (Å²) < 4.78 is 11.3. The average molecular weight is 527 g/mol. The predicted molar refractivity (Wildman–Crippen MR) is 145 cm³/mol. The molecule has 0 N–H and O–H groups in total. The number of carbonyl (C=O) groups is 2. The Morgan fingerprint density at radius 1 is 0.622 bits per heavy atom. The number of hydrogen-bond donors (Lipinski definition) is 0. The minimum Gasteiger partial charge on any atom is -0.413 e. The summed E-state index contributed by atoms with van der Waals surface area (Å²) in [7, 11) is 0. The normalized spacial score (nSPS) is 10.9. The number of nitrogens with zero attached hydrogens (tertiary/aromatic N) is 2. The van der Waals surface area contributed by atoms with Crippen molar-refractivity contribution in [3.05, 3.63) is 108 Å². The second-order valence-corrected chi connectivity index (χ2v) is 10.1. The summed E-state index contributed by atoms with van der Waals surface area (Å²) in [6.07, 6.45) is 0. The third-order valence-corrected chi connectivity index (χ3v) is 7.43. The molecule has 8 heteroatoms. The summed E-state index contributed by atoms with van der Waals surface area (Å²) in [6.45, 7) is 2.73. The van der Waals surface area contributed by atoms with Gasteiger partial charge < -0.3 is 9.47 Å². The van der Waals surface area contributed by atoms with Gasteiger partial charge in [-0.2, -0.15) is 0 Å². The van der Waals surface area contributed by atoms with E-state index in [9.17, 15) is 9.59 Å². The first-order chi connectivity index (χ1) is 18.0. The molecule has 0 atom stereocenters. The molecule has 0 saturated carbocycles. The summed E-state index contributed by atoms with van der Waals surface area (Å²) >= 11 is 2.59. The van der Waals surface area contributed by atoms with Gasteiger partial charge in [0.25, 0.3) is 0 Å². The molecule has 0 aliphatic rings. The highest BCUT2D eigenvalue weighted by molar-refractivity contribution is 7.17. The second kappa shape index (κ2) is 10.9. The van der Waals surface area contributed by atoms with Crippen molar-refractivity contribution in [3.8, 4) is 31.3 Å². The van der Waals surface area contributed by atoms with E-state index in [1.807, 2.05) is 91.0 Å². The minimum absolute atomic E-state index is 0.378. The summed E-state index contributed by atoms with van der Waals surface area (Å²) in [5.41, 5.74) is 3.75. The van der Waals surface area contributed by atoms with Crippen molar-refractivity contribution < 1.29 is 19.1 Å². The first kappa shape index (κ1) is 24.5. The highest BCUT2D eigenvalue weighted by Gasteiger charge is 2.32. The van der Waals surface area contributed by atoms with Crippen molar-refractivity contribution in [3.63, 3.8) is 0 Å². The zero-order valence-electron chi connectivity index (χ0n) is 20.1. The molecule has 0 fully saturated rings. The summed E-state index contributed by atoms with van der Waals surface area (Å²) in [6, 6.07) is 29.1. The Labute approximate surface area is 222 Å². The van der Waals surface area contributed by atoms with Gasteiger partial charge in [-0.1, -0.05) is 114 Å². The molecule has 37 heavy (non-hydrogen) atoms. The Balaban J connectivity index is 1.74. The SMILES string of the molecule is CC(=O)Oc1sc(-c2ccccc2)nc1C(c1ccccc1)c1nc(-c2ccccc2)sc1OC(C)=O. The molecule has 5 aromatic rings. The third-order valence-electron chi connectivity index (χ3n) is 5.44. The molecule has 0 unspecified atom stereocenters. The maximum absolute atomic E-state index is 12.1. The molecule has 0 spiro atoms. The van der Waals surface area contributed by atoms with Gasteiger partial charge in [-0.3, -0.25) is 9.59 Å². The fourth-order valence-electron chi connectivity index (χ4n) is 3.91. The van der Waals surface area contributed by atoms with E-state index in [0.29, 0.717) is 31.5 Å². The second-order valence-electron chi connectivity index (χ2n) is 8.15. The van der Waals surface area contributed by atoms with Crippen LogP contribution in [0.1, 0.15) is 36.7 Å². The number of ether oxygens (including phenoxy) is 2. The van der Waals surface area contributed by atoms with Gasteiger partial charge in [-0.15, -0.1) is 0 Å². The van der Waals surface area contributed by atoms with E-state index in [1.165, 1.54) is 36.5 Å². The Morgan fingerprint density at radius 3 is 1.38 bits per heavy atom. The lowest BCUT2D eigenvalue weighted by Gasteiger charge is -2.16. The molecule has 0 radical (unpaired) electrons. The van der Waals surface area contributed by atoms with Crippen LogP contribution in [0.2, 0.25) is 0 Å². The van der Waals surface area contributed by atoms with Gasteiger partial charge in [-0.05, 0) is 5.56 Å². The fourth-order valence-corrected chi connectivity index (χ4v) is 5.91. The van der Waals surface area contributed by atoms with Crippen molar-refractivity contribution >= 4 is 34.6 Å². The van der Waals surface area contributed by atoms with Crippen LogP contribution in [-0.4, -0.2) is 21.9 Å². The van der Waals surface area contributed by atoms with Crippen LogP contribution in [0.25, 0.3) is 21.1 Å². The quantitative estimate of drug-likeness (QED) is 0.213. The van der Waals surface area contributed by atoms with E-state index in [1.54, 1.807) is 0 Å². The van der Waals surface area contributed by atoms with E-state index < -0.39 is 17.9 Å². The van der Waals surface area contributed by atoms with Crippen LogP contribution in [0.4, 0.5) is 0 Å². The summed E-state index contributed by atoms with van der Waals surface area (Å²) in [5, 5.41) is 2.17. The van der Waals surface area contributed by atoms with Crippen molar-refractivity contribution in [1.82, 2.24) is 9.97 Å². The topological polar surface area (TPSA) is 78.4 Å². The number of esters is 2. The monoisotopic (exact) mass is 526 g/mol. The van der Waals surface area contributed by atoms with Crippen molar-refractivity contribution in [2.75, 3.05) is 0 Å². The number of thiazole rings is 2. The predicted octanol–water partition coefficient (Wildman–Crippen LogP) is 6.96. The van der Waals surface area contributed by atoms with Crippen LogP contribution < -0.4 is 9.47 Å². The molecule has 0 aliphatic carbocycles. The lowest BCUT2D eigenvalue weighted by atomic mass is 9.93. The van der Waals surface area contributed by atoms with Crippen molar-refractivity contribution in [2.24, 2.45) is 0 Å². The van der Waals surface area contributed by atoms with Gasteiger partial charge in [-0.25, -0.2) is 9.97 Å². The Kier molecular flexibility index (Phi) is 7.20. The average Bonchev–Trinajstić information content (AvgIpc) is 3.50. The molecule has 2 aromatic heterocycles. The lowest BCUT2D eigenvalue weighted by molar-refractivity contribution is -0.132. The van der Waals surface area contributed by atoms with Gasteiger partial charge in [0.05, 0.1) is 5.92 Å². The molecule has 2 heterocycles. The smallest absolute Gasteiger partial charge is 0.308 e. The lowest BCUT2D eigenvalue weighted by Crippen LogP contribution is -2.11. The van der Waals surface area contributed by atoms with Gasteiger partial charge in [0.15, 0.2) is 0 Å². The summed E-state index contributed by atoms with van der Waals surface area (Å²) in [5.74, 6) is -1.44. The maximum Gasteiger partial charge on any atom is 0.308 e. The molecule has 0 bridgehead atoms. The Bertz CT molecular complexity index is 1430. The van der Waals surface area contributed by atoms with Gasteiger partial charge in [0, 0.05) is 25.0 Å². The molecular weight excluding hydrogens is 504 g/mol. The molecule has 0 amide bonds. The third kappa shape index (κ3) is 5.50. The number of benzene rings is 3. The summed E-state index contributed by atoms with van der Waals surface area (Å²) in [4.78, 5) is 34.1. The largest absolute Gasteiger partial charge is 0.413 e. The molecule has 0 aliphatic heterocycles. The highest BCUT2D eigenvalue weighted by Crippen LogP contribution is 2.47. The molecule has 184 valence electrons. The van der Waals surface area contributed by atoms with Gasteiger partial charge in [0.1, 0.15) is 21.4 Å². The van der Waals surface area contributed by atoms with E-state index in [-0.39, 0.29) is 0 Å². The number of aromatic nitrogens is 2. The zero-order chi connectivity index (χ0) is 25.8. The van der Waals surface area contributed by atoms with Crippen molar-refractivity contribution in [2.45, 2.75) is 19.8 Å². The molecule has 0 saturated heterocycles. The molecule has 3 aromatic carbocycles. The number of rotatable bonds is 7. The molecule has 5 rings (SSSR count). The number of hydrogen-bond acceptors (Lipinski definition) is 8. The van der Waals surface area contributed by atoms with Crippen molar-refractivity contribution in [1.29, 1.82) is 0 Å². The fraction of sp³-hybridized carbons (Fsp3) is 0.103. The van der Waals surface area contributed by atoms with E-state index >= 15 is 0 Å². The van der Waals surface area contributed by atoms with Crippen LogP contribution in [0.5, 0.6) is 10.1 Å². The standard InChI is InChI=1S/C29H22N2O4S2/c1-18(32)34-28-24(30-26(36-28)21-14-8-4-9-15-21)23(20-12-6-3-7-13-20)25-29(35-19(2)33)37-27(31-25)22-16-10-5-11-17-22/h3-17,23H,1-2H3. The minimum atomic E-state index is -0.549. The van der Waals surface area contributed by atoms with Crippen LogP contribution in [0.3, 0.4) is 0 Å². The van der Waals surface area contributed by atoms with E-state index in [0.717, 1.165) is 16.7 Å².